The van der Waals surface area contributed by atoms with E-state index >= 15 is 0 Å². The number of nitrogens with one attached hydrogen (secondary N) is 2. The highest BCUT2D eigenvalue weighted by atomic mass is 31.1. The van der Waals surface area contributed by atoms with Gasteiger partial charge in [0, 0.05) is 17.6 Å². The van der Waals surface area contributed by atoms with E-state index in [9.17, 15) is 9.36 Å². The van der Waals surface area contributed by atoms with Crippen molar-refractivity contribution in [3.63, 3.8) is 0 Å². The van der Waals surface area contributed by atoms with Gasteiger partial charge in [-0.25, -0.2) is 4.98 Å². The molecule has 6 heteroatoms. The van der Waals surface area contributed by atoms with Gasteiger partial charge in [-0.2, -0.15) is 0 Å². The molecule has 1 amide bonds. The van der Waals surface area contributed by atoms with Crippen molar-refractivity contribution in [2.45, 2.75) is 13.8 Å². The predicted octanol–water partition coefficient (Wildman–Crippen LogP) is 3.84. The molecule has 1 aromatic carbocycles. The van der Waals surface area contributed by atoms with Crippen molar-refractivity contribution in [3.05, 3.63) is 47.7 Å². The van der Waals surface area contributed by atoms with E-state index in [-0.39, 0.29) is 12.1 Å². The molecule has 1 aromatic heterocycles. The number of hydrogen-bond donors (Lipinski definition) is 2. The number of nitrogens with zero attached hydrogens (tertiary/aromatic N) is 1. The summed E-state index contributed by atoms with van der Waals surface area (Å²) in [5.41, 5.74) is 3.70. The number of carbonyl (C=O) groups excluding carboxylic acids is 1. The van der Waals surface area contributed by atoms with Crippen LogP contribution in [-0.2, 0) is 9.36 Å². The highest BCUT2D eigenvalue weighted by molar-refractivity contribution is 7.44. The topological polar surface area (TPSA) is 71.1 Å². The molecule has 0 saturated heterocycles. The molecule has 0 fully saturated rings. The summed E-state index contributed by atoms with van der Waals surface area (Å²) in [7, 11) is -1.48. The summed E-state index contributed by atoms with van der Waals surface area (Å²) < 4.78 is 11.1. The minimum atomic E-state index is -1.48. The van der Waals surface area contributed by atoms with Gasteiger partial charge in [-0.3, -0.25) is 4.79 Å². The lowest BCUT2D eigenvalue weighted by molar-refractivity contribution is -0.113. The van der Waals surface area contributed by atoms with E-state index in [2.05, 4.69) is 15.6 Å². The number of pyridine rings is 1. The summed E-state index contributed by atoms with van der Waals surface area (Å²) in [5.74, 6) is 0.510. The Hall–Kier alpha value is -2.26. The number of anilines is 3. The molecule has 114 valence electrons. The van der Waals surface area contributed by atoms with Crippen LogP contribution >= 0.6 is 7.80 Å². The van der Waals surface area contributed by atoms with Crippen molar-refractivity contribution in [2.24, 2.45) is 0 Å². The third-order valence-corrected chi connectivity index (χ3v) is 3.80. The van der Waals surface area contributed by atoms with Crippen molar-refractivity contribution in [1.29, 1.82) is 0 Å². The molecule has 2 aromatic rings. The van der Waals surface area contributed by atoms with E-state index < -0.39 is 7.80 Å². The van der Waals surface area contributed by atoms with Crippen LogP contribution in [0.5, 0.6) is 0 Å². The highest BCUT2D eigenvalue weighted by Gasteiger charge is 2.14. The first-order chi connectivity index (χ1) is 10.4. The molecule has 0 aliphatic carbocycles. The Morgan fingerprint density at radius 2 is 2.00 bits per heavy atom. The van der Waals surface area contributed by atoms with Gasteiger partial charge in [0.15, 0.2) is 0 Å². The van der Waals surface area contributed by atoms with Crippen molar-refractivity contribution < 1.29 is 9.36 Å². The van der Waals surface area contributed by atoms with Crippen LogP contribution in [0, 0.1) is 13.8 Å². The summed E-state index contributed by atoms with van der Waals surface area (Å²) in [6.07, 6.45) is 1.78. The number of benzene rings is 1. The molecule has 2 N–H and O–H groups in total. The van der Waals surface area contributed by atoms with Gasteiger partial charge < -0.3 is 10.6 Å². The van der Waals surface area contributed by atoms with Crippen molar-refractivity contribution in [3.8, 4) is 0 Å². The van der Waals surface area contributed by atoms with Crippen molar-refractivity contribution >= 4 is 30.9 Å². The maximum atomic E-state index is 11.7. The fourth-order valence-electron chi connectivity index (χ4n) is 1.98. The molecule has 1 unspecified atom stereocenters. The number of carbonyl (C=O) groups is 1. The lowest BCUT2D eigenvalue weighted by atomic mass is 10.1. The molecule has 2 rings (SSSR count). The Morgan fingerprint density at radius 1 is 1.23 bits per heavy atom. The highest BCUT2D eigenvalue weighted by Crippen LogP contribution is 2.24. The molecule has 0 spiro atoms. The summed E-state index contributed by atoms with van der Waals surface area (Å²) >= 11 is 0. The first-order valence-electron chi connectivity index (χ1n) is 6.92. The SMILES string of the molecule is Cc1ccnc(Nc2cc(NC(=O)C[P+](C)=O)ccc2C)c1. The zero-order valence-electron chi connectivity index (χ0n) is 12.9. The Kier molecular flexibility index (Phi) is 5.23. The van der Waals surface area contributed by atoms with E-state index in [1.165, 1.54) is 0 Å². The molecule has 5 nitrogen and oxygen atoms in total. The van der Waals surface area contributed by atoms with Crippen LogP contribution in [0.4, 0.5) is 17.2 Å². The number of amides is 1. The number of aromatic nitrogens is 1. The van der Waals surface area contributed by atoms with Gasteiger partial charge in [-0.05, 0) is 49.2 Å². The molecule has 0 bridgehead atoms. The number of hydrogen-bond acceptors (Lipinski definition) is 4. The molecule has 1 heterocycles. The van der Waals surface area contributed by atoms with Gasteiger partial charge >= 0.3 is 7.80 Å². The Bertz CT molecular complexity index is 716. The zero-order valence-corrected chi connectivity index (χ0v) is 13.8. The quantitative estimate of drug-likeness (QED) is 0.822. The molecular weight excluding hydrogens is 297 g/mol. The summed E-state index contributed by atoms with van der Waals surface area (Å²) in [4.78, 5) is 16.0. The minimum Gasteiger partial charge on any atom is -0.340 e. The molecule has 0 radical (unpaired) electrons. The molecule has 1 atom stereocenters. The number of rotatable bonds is 5. The Labute approximate surface area is 130 Å². The second-order valence-corrected chi connectivity index (χ2v) is 6.78. The Morgan fingerprint density at radius 3 is 2.68 bits per heavy atom. The minimum absolute atomic E-state index is 0.0331. The van der Waals surface area contributed by atoms with E-state index in [1.807, 2.05) is 44.2 Å². The van der Waals surface area contributed by atoms with Crippen LogP contribution in [0.15, 0.2) is 36.5 Å². The van der Waals surface area contributed by atoms with Crippen LogP contribution in [0.2, 0.25) is 0 Å². The summed E-state index contributed by atoms with van der Waals surface area (Å²) in [6.45, 7) is 5.52. The normalized spacial score (nSPS) is 11.0. The van der Waals surface area contributed by atoms with Crippen LogP contribution < -0.4 is 10.6 Å². The smallest absolute Gasteiger partial charge is 0.340 e. The third-order valence-electron chi connectivity index (χ3n) is 3.07. The van der Waals surface area contributed by atoms with Crippen LogP contribution in [0.3, 0.4) is 0 Å². The maximum Gasteiger partial charge on any atom is 0.345 e. The van der Waals surface area contributed by atoms with Gasteiger partial charge in [0.05, 0.1) is 0 Å². The van der Waals surface area contributed by atoms with Crippen LogP contribution in [0.1, 0.15) is 11.1 Å². The second-order valence-electron chi connectivity index (χ2n) is 5.21. The fraction of sp³-hybridized carbons (Fsp3) is 0.250. The van der Waals surface area contributed by atoms with Crippen LogP contribution in [0.25, 0.3) is 0 Å². The van der Waals surface area contributed by atoms with Crippen molar-refractivity contribution in [1.82, 2.24) is 4.98 Å². The average molecular weight is 316 g/mol. The maximum absolute atomic E-state index is 11.7. The molecule has 0 aliphatic heterocycles. The van der Waals surface area contributed by atoms with Gasteiger partial charge in [-0.1, -0.05) is 10.6 Å². The van der Waals surface area contributed by atoms with E-state index in [0.717, 1.165) is 22.6 Å². The monoisotopic (exact) mass is 316 g/mol. The zero-order chi connectivity index (χ0) is 16.1. The summed E-state index contributed by atoms with van der Waals surface area (Å²) in [6, 6.07) is 9.47. The molecule has 0 saturated carbocycles. The van der Waals surface area contributed by atoms with Crippen molar-refractivity contribution in [2.75, 3.05) is 23.5 Å². The number of aryl methyl sites for hydroxylation is 2. The van der Waals surface area contributed by atoms with Crippen LogP contribution in [-0.4, -0.2) is 23.7 Å². The largest absolute Gasteiger partial charge is 0.345 e. The van der Waals surface area contributed by atoms with Gasteiger partial charge in [0.25, 0.3) is 5.91 Å². The molecular formula is C16H19N3O2P+. The molecule has 0 aliphatic rings. The standard InChI is InChI=1S/C16H18N3O2P/c1-11-6-7-17-15(8-11)19-14-9-13(5-4-12(14)2)18-16(20)10-22(3)21/h4-9H,10H2,1-3H3,(H-,17,18,19,20)/p+1. The average Bonchev–Trinajstić information content (AvgIpc) is 2.41. The van der Waals surface area contributed by atoms with E-state index in [1.54, 1.807) is 12.9 Å². The fourth-order valence-corrected chi connectivity index (χ4v) is 2.46. The van der Waals surface area contributed by atoms with Gasteiger partial charge in [0.2, 0.25) is 6.16 Å². The van der Waals surface area contributed by atoms with Gasteiger partial charge in [0.1, 0.15) is 12.5 Å². The first kappa shape index (κ1) is 16.1. The van der Waals surface area contributed by atoms with Gasteiger partial charge in [-0.15, -0.1) is 0 Å². The molecule has 22 heavy (non-hydrogen) atoms. The third kappa shape index (κ3) is 4.64. The lowest BCUT2D eigenvalue weighted by Crippen LogP contribution is -2.14. The predicted molar refractivity (Wildman–Crippen MR) is 90.5 cm³/mol. The Balaban J connectivity index is 2.16. The van der Waals surface area contributed by atoms with E-state index in [0.29, 0.717) is 5.69 Å². The lowest BCUT2D eigenvalue weighted by Gasteiger charge is -2.11. The first-order valence-corrected chi connectivity index (χ1v) is 8.81. The summed E-state index contributed by atoms with van der Waals surface area (Å²) in [5, 5.41) is 6.00. The second kappa shape index (κ2) is 7.14. The van der Waals surface area contributed by atoms with E-state index in [4.69, 9.17) is 0 Å².